The van der Waals surface area contributed by atoms with Gasteiger partial charge in [0, 0.05) is 17.3 Å². The molecule has 1 aliphatic carbocycles. The smallest absolute Gasteiger partial charge is 0.412 e. The van der Waals surface area contributed by atoms with E-state index in [9.17, 15) is 4.79 Å². The number of anilines is 1. The monoisotopic (exact) mass is 306 g/mol. The standard InChI is InChI=1S/C17H26N2O3/c1-16(2,3)22-15(20)19-13-7-6-12(14(10-13)21-5)11-17(18-4)8-9-17/h6-7,10,18H,8-9,11H2,1-5H3,(H,19,20). The maximum Gasteiger partial charge on any atom is 0.412 e. The Bertz CT molecular complexity index is 545. The van der Waals surface area contributed by atoms with Crippen LogP contribution in [0.3, 0.4) is 0 Å². The molecule has 0 aliphatic heterocycles. The summed E-state index contributed by atoms with van der Waals surface area (Å²) in [6, 6.07) is 5.72. The van der Waals surface area contributed by atoms with E-state index in [1.54, 1.807) is 7.11 Å². The van der Waals surface area contributed by atoms with Crippen LogP contribution < -0.4 is 15.4 Å². The normalized spacial score (nSPS) is 16.0. The van der Waals surface area contributed by atoms with Gasteiger partial charge in [-0.2, -0.15) is 0 Å². The maximum atomic E-state index is 11.8. The van der Waals surface area contributed by atoms with E-state index in [1.165, 1.54) is 12.8 Å². The van der Waals surface area contributed by atoms with Crippen LogP contribution in [0.15, 0.2) is 18.2 Å². The van der Waals surface area contributed by atoms with Crippen molar-refractivity contribution in [2.75, 3.05) is 19.5 Å². The third-order valence-corrected chi connectivity index (χ3v) is 3.85. The summed E-state index contributed by atoms with van der Waals surface area (Å²) in [6.45, 7) is 5.51. The number of nitrogens with one attached hydrogen (secondary N) is 2. The van der Waals surface area contributed by atoms with E-state index in [2.05, 4.69) is 10.6 Å². The van der Waals surface area contributed by atoms with Crippen LogP contribution in [-0.2, 0) is 11.2 Å². The van der Waals surface area contributed by atoms with Crippen LogP contribution in [0.25, 0.3) is 0 Å². The van der Waals surface area contributed by atoms with Crippen molar-refractivity contribution in [2.24, 2.45) is 0 Å². The van der Waals surface area contributed by atoms with E-state index in [-0.39, 0.29) is 5.54 Å². The Kier molecular flexibility index (Phi) is 4.66. The second-order valence-corrected chi connectivity index (χ2v) is 6.86. The Labute approximate surface area is 132 Å². The molecule has 0 spiro atoms. The molecule has 1 aliphatic rings. The third-order valence-electron chi connectivity index (χ3n) is 3.85. The summed E-state index contributed by atoms with van der Waals surface area (Å²) in [7, 11) is 3.65. The van der Waals surface area contributed by atoms with E-state index in [0.29, 0.717) is 5.69 Å². The fraction of sp³-hybridized carbons (Fsp3) is 0.588. The fourth-order valence-electron chi connectivity index (χ4n) is 2.42. The summed E-state index contributed by atoms with van der Waals surface area (Å²) in [5.74, 6) is 0.787. The topological polar surface area (TPSA) is 59.6 Å². The lowest BCUT2D eigenvalue weighted by Crippen LogP contribution is -2.29. The van der Waals surface area contributed by atoms with Gasteiger partial charge in [0.05, 0.1) is 7.11 Å². The molecule has 1 amide bonds. The van der Waals surface area contributed by atoms with E-state index in [1.807, 2.05) is 46.0 Å². The van der Waals surface area contributed by atoms with Crippen LogP contribution in [0.5, 0.6) is 5.75 Å². The van der Waals surface area contributed by atoms with Crippen LogP contribution in [0.4, 0.5) is 10.5 Å². The molecule has 0 saturated heterocycles. The Morgan fingerprint density at radius 1 is 1.32 bits per heavy atom. The molecule has 0 radical (unpaired) electrons. The highest BCUT2D eigenvalue weighted by Crippen LogP contribution is 2.40. The first kappa shape index (κ1) is 16.6. The summed E-state index contributed by atoms with van der Waals surface area (Å²) >= 11 is 0. The van der Waals surface area contributed by atoms with Crippen LogP contribution >= 0.6 is 0 Å². The number of benzene rings is 1. The fourth-order valence-corrected chi connectivity index (χ4v) is 2.42. The van der Waals surface area contributed by atoms with Crippen molar-refractivity contribution in [2.45, 2.75) is 51.2 Å². The Balaban J connectivity index is 2.07. The largest absolute Gasteiger partial charge is 0.496 e. The highest BCUT2D eigenvalue weighted by Gasteiger charge is 2.41. The summed E-state index contributed by atoms with van der Waals surface area (Å²) in [4.78, 5) is 11.8. The molecule has 122 valence electrons. The number of rotatable bonds is 5. The van der Waals surface area contributed by atoms with Crippen molar-refractivity contribution in [3.63, 3.8) is 0 Å². The van der Waals surface area contributed by atoms with Gasteiger partial charge in [0.1, 0.15) is 11.4 Å². The van der Waals surface area contributed by atoms with Gasteiger partial charge in [0.15, 0.2) is 0 Å². The van der Waals surface area contributed by atoms with Crippen molar-refractivity contribution in [3.8, 4) is 5.75 Å². The molecule has 0 aromatic heterocycles. The zero-order valence-corrected chi connectivity index (χ0v) is 14.1. The molecule has 1 fully saturated rings. The van der Waals surface area contributed by atoms with Gasteiger partial charge in [0.25, 0.3) is 0 Å². The summed E-state index contributed by atoms with van der Waals surface area (Å²) in [5, 5.41) is 6.12. The number of hydrogen-bond acceptors (Lipinski definition) is 4. The van der Waals surface area contributed by atoms with Crippen LogP contribution in [-0.4, -0.2) is 31.4 Å². The number of hydrogen-bond donors (Lipinski definition) is 2. The number of ether oxygens (including phenoxy) is 2. The Hall–Kier alpha value is -1.75. The van der Waals surface area contributed by atoms with Crippen molar-refractivity contribution >= 4 is 11.8 Å². The average molecular weight is 306 g/mol. The highest BCUT2D eigenvalue weighted by molar-refractivity contribution is 5.85. The minimum Gasteiger partial charge on any atom is -0.496 e. The molecule has 0 bridgehead atoms. The molecule has 1 aromatic rings. The summed E-state index contributed by atoms with van der Waals surface area (Å²) in [6.07, 6.45) is 2.84. The van der Waals surface area contributed by atoms with Crippen LogP contribution in [0.2, 0.25) is 0 Å². The van der Waals surface area contributed by atoms with Gasteiger partial charge in [-0.05, 0) is 58.7 Å². The highest BCUT2D eigenvalue weighted by atomic mass is 16.6. The van der Waals surface area contributed by atoms with Gasteiger partial charge in [0.2, 0.25) is 0 Å². The lowest BCUT2D eigenvalue weighted by Gasteiger charge is -2.20. The second kappa shape index (κ2) is 6.16. The third kappa shape index (κ3) is 4.37. The number of amides is 1. The second-order valence-electron chi connectivity index (χ2n) is 6.86. The van der Waals surface area contributed by atoms with E-state index >= 15 is 0 Å². The van der Waals surface area contributed by atoms with Gasteiger partial charge in [-0.1, -0.05) is 6.07 Å². The molecular weight excluding hydrogens is 280 g/mol. The Morgan fingerprint density at radius 2 is 2.00 bits per heavy atom. The van der Waals surface area contributed by atoms with E-state index in [4.69, 9.17) is 9.47 Å². The minimum absolute atomic E-state index is 0.216. The minimum atomic E-state index is -0.515. The Morgan fingerprint density at radius 3 is 2.50 bits per heavy atom. The molecule has 0 atom stereocenters. The molecule has 1 saturated carbocycles. The molecule has 22 heavy (non-hydrogen) atoms. The maximum absolute atomic E-state index is 11.8. The first-order valence-corrected chi connectivity index (χ1v) is 7.63. The lowest BCUT2D eigenvalue weighted by molar-refractivity contribution is 0.0636. The molecule has 5 nitrogen and oxygen atoms in total. The van der Waals surface area contributed by atoms with Gasteiger partial charge in [-0.25, -0.2) is 4.79 Å². The average Bonchev–Trinajstić information content (AvgIpc) is 3.18. The quantitative estimate of drug-likeness (QED) is 0.876. The van der Waals surface area contributed by atoms with Crippen molar-refractivity contribution in [1.29, 1.82) is 0 Å². The summed E-state index contributed by atoms with van der Waals surface area (Å²) in [5.41, 5.74) is 1.51. The van der Waals surface area contributed by atoms with Gasteiger partial charge in [-0.15, -0.1) is 0 Å². The van der Waals surface area contributed by atoms with E-state index < -0.39 is 11.7 Å². The number of methoxy groups -OCH3 is 1. The number of carbonyl (C=O) groups is 1. The number of likely N-dealkylation sites (N-methyl/N-ethyl adjacent to an activating group) is 1. The van der Waals surface area contributed by atoms with Gasteiger partial charge in [-0.3, -0.25) is 5.32 Å². The van der Waals surface area contributed by atoms with Crippen LogP contribution in [0, 0.1) is 0 Å². The zero-order valence-electron chi connectivity index (χ0n) is 14.1. The SMILES string of the molecule is CNC1(Cc2ccc(NC(=O)OC(C)(C)C)cc2OC)CC1. The van der Waals surface area contributed by atoms with Crippen LogP contribution in [0.1, 0.15) is 39.2 Å². The first-order chi connectivity index (χ1) is 10.3. The molecule has 0 heterocycles. The zero-order chi connectivity index (χ0) is 16.4. The lowest BCUT2D eigenvalue weighted by atomic mass is 10.0. The number of carbonyl (C=O) groups excluding carboxylic acids is 1. The van der Waals surface area contributed by atoms with E-state index in [0.717, 1.165) is 17.7 Å². The molecule has 2 rings (SSSR count). The van der Waals surface area contributed by atoms with Gasteiger partial charge < -0.3 is 14.8 Å². The molecule has 5 heteroatoms. The van der Waals surface area contributed by atoms with Crippen molar-refractivity contribution < 1.29 is 14.3 Å². The summed E-state index contributed by atoms with van der Waals surface area (Å²) < 4.78 is 10.7. The molecule has 1 aromatic carbocycles. The van der Waals surface area contributed by atoms with Gasteiger partial charge >= 0.3 is 6.09 Å². The predicted octanol–water partition coefficient (Wildman–Crippen LogP) is 3.34. The molecule has 0 unspecified atom stereocenters. The van der Waals surface area contributed by atoms with Crippen molar-refractivity contribution in [1.82, 2.24) is 5.32 Å². The predicted molar refractivity (Wildman–Crippen MR) is 87.6 cm³/mol. The first-order valence-electron chi connectivity index (χ1n) is 7.63. The molecule has 2 N–H and O–H groups in total. The van der Waals surface area contributed by atoms with Crippen molar-refractivity contribution in [3.05, 3.63) is 23.8 Å². The molecular formula is C17H26N2O3.